The Labute approximate surface area is 196 Å². The number of nitrogens with zero attached hydrogens (tertiary/aromatic N) is 1. The second-order valence-electron chi connectivity index (χ2n) is 8.82. The maximum absolute atomic E-state index is 12.1. The molecule has 0 amide bonds. The highest BCUT2D eigenvalue weighted by Crippen LogP contribution is 2.28. The van der Waals surface area contributed by atoms with Crippen molar-refractivity contribution < 1.29 is 18.8 Å². The summed E-state index contributed by atoms with van der Waals surface area (Å²) >= 11 is 0. The zero-order valence-electron chi connectivity index (χ0n) is 20.3. The van der Waals surface area contributed by atoms with Gasteiger partial charge in [0.2, 0.25) is 5.78 Å². The molecule has 0 radical (unpaired) electrons. The van der Waals surface area contributed by atoms with Crippen LogP contribution in [0.2, 0.25) is 0 Å². The molecule has 33 heavy (non-hydrogen) atoms. The van der Waals surface area contributed by atoms with Crippen molar-refractivity contribution in [1.82, 2.24) is 0 Å². The number of benzene rings is 2. The Hall–Kier alpha value is -3.34. The minimum atomic E-state index is -0.194. The predicted octanol–water partition coefficient (Wildman–Crippen LogP) is 7.04. The molecule has 0 unspecified atom stereocenters. The first-order chi connectivity index (χ1) is 15.8. The summed E-state index contributed by atoms with van der Waals surface area (Å²) in [5.41, 5.74) is 5.53. The first-order valence-electron chi connectivity index (χ1n) is 11.4. The third-order valence-corrected chi connectivity index (χ3v) is 5.56. The normalized spacial score (nSPS) is 11.8. The van der Waals surface area contributed by atoms with Crippen molar-refractivity contribution in [1.29, 1.82) is 0 Å². The third-order valence-electron chi connectivity index (χ3n) is 5.56. The molecule has 0 saturated carbocycles. The molecule has 1 aromatic heterocycles. The Kier molecular flexibility index (Phi) is 8.10. The van der Waals surface area contributed by atoms with Crippen LogP contribution in [0.1, 0.15) is 85.0 Å². The van der Waals surface area contributed by atoms with E-state index in [0.29, 0.717) is 35.7 Å². The second kappa shape index (κ2) is 11.0. The molecule has 0 aliphatic carbocycles. The zero-order valence-corrected chi connectivity index (χ0v) is 20.3. The summed E-state index contributed by atoms with van der Waals surface area (Å²) in [5.74, 6) is 2.27. The number of oxime groups is 1. The van der Waals surface area contributed by atoms with Crippen LogP contribution in [0.4, 0.5) is 0 Å². The number of aryl methyl sites for hydroxylation is 1. The van der Waals surface area contributed by atoms with Gasteiger partial charge in [0, 0.05) is 0 Å². The highest BCUT2D eigenvalue weighted by molar-refractivity contribution is 5.98. The molecular weight excluding hydrogens is 414 g/mol. The van der Waals surface area contributed by atoms with Crippen LogP contribution in [0.5, 0.6) is 5.75 Å². The van der Waals surface area contributed by atoms with Crippen LogP contribution in [0.25, 0.3) is 0 Å². The Balaban J connectivity index is 1.61. The summed E-state index contributed by atoms with van der Waals surface area (Å²) in [7, 11) is 0. The maximum atomic E-state index is 12.1. The predicted molar refractivity (Wildman–Crippen MR) is 131 cm³/mol. The van der Waals surface area contributed by atoms with Gasteiger partial charge in [-0.25, -0.2) is 0 Å². The summed E-state index contributed by atoms with van der Waals surface area (Å²) in [6.45, 7) is 12.9. The van der Waals surface area contributed by atoms with E-state index in [1.807, 2.05) is 31.2 Å². The van der Waals surface area contributed by atoms with E-state index in [9.17, 15) is 4.79 Å². The van der Waals surface area contributed by atoms with Crippen LogP contribution < -0.4 is 4.74 Å². The molecule has 174 valence electrons. The largest absolute Gasteiger partial charge is 0.485 e. The van der Waals surface area contributed by atoms with E-state index in [1.54, 1.807) is 19.1 Å². The van der Waals surface area contributed by atoms with Gasteiger partial charge in [-0.15, -0.1) is 0 Å². The van der Waals surface area contributed by atoms with Gasteiger partial charge in [0.05, 0.1) is 5.71 Å². The molecule has 5 heteroatoms. The fourth-order valence-electron chi connectivity index (χ4n) is 3.71. The van der Waals surface area contributed by atoms with Crippen LogP contribution in [0, 0.1) is 6.92 Å². The molecule has 2 aromatic carbocycles. The number of rotatable bonds is 10. The van der Waals surface area contributed by atoms with Crippen molar-refractivity contribution in [2.75, 3.05) is 6.61 Å². The zero-order chi connectivity index (χ0) is 24.0. The summed E-state index contributed by atoms with van der Waals surface area (Å²) in [5, 5.41) is 4.35. The molecule has 0 bridgehead atoms. The Morgan fingerprint density at radius 3 is 2.12 bits per heavy atom. The first kappa shape index (κ1) is 24.3. The lowest BCUT2D eigenvalue weighted by Gasteiger charge is -2.18. The SMILES string of the molecule is CC(=NOCc1c(C(C)C)cccc1C(C)C)c1ccc(OCC(=O)c2ccc(C)o2)cc1. The Morgan fingerprint density at radius 2 is 1.58 bits per heavy atom. The molecule has 0 fully saturated rings. The van der Waals surface area contributed by atoms with Gasteiger partial charge < -0.3 is 14.0 Å². The van der Waals surface area contributed by atoms with E-state index < -0.39 is 0 Å². The minimum Gasteiger partial charge on any atom is -0.485 e. The quantitative estimate of drug-likeness (QED) is 0.190. The van der Waals surface area contributed by atoms with Gasteiger partial charge in [-0.3, -0.25) is 4.79 Å². The highest BCUT2D eigenvalue weighted by atomic mass is 16.6. The molecule has 0 aliphatic heterocycles. The monoisotopic (exact) mass is 447 g/mol. The summed E-state index contributed by atoms with van der Waals surface area (Å²) < 4.78 is 10.9. The van der Waals surface area contributed by atoms with E-state index in [-0.39, 0.29) is 12.4 Å². The molecule has 0 aliphatic rings. The van der Waals surface area contributed by atoms with Crippen LogP contribution >= 0.6 is 0 Å². The molecule has 5 nitrogen and oxygen atoms in total. The van der Waals surface area contributed by atoms with E-state index in [1.165, 1.54) is 16.7 Å². The van der Waals surface area contributed by atoms with Crippen LogP contribution in [0.15, 0.2) is 64.2 Å². The van der Waals surface area contributed by atoms with Gasteiger partial charge in [0.25, 0.3) is 0 Å². The van der Waals surface area contributed by atoms with E-state index in [2.05, 4.69) is 51.0 Å². The van der Waals surface area contributed by atoms with Crippen LogP contribution in [0.3, 0.4) is 0 Å². The van der Waals surface area contributed by atoms with E-state index >= 15 is 0 Å². The number of hydrogen-bond acceptors (Lipinski definition) is 5. The lowest BCUT2D eigenvalue weighted by Crippen LogP contribution is -2.10. The number of carbonyl (C=O) groups is 1. The first-order valence-corrected chi connectivity index (χ1v) is 11.4. The Morgan fingerprint density at radius 1 is 0.939 bits per heavy atom. The van der Waals surface area contributed by atoms with Gasteiger partial charge in [0.1, 0.15) is 18.1 Å². The number of ketones is 1. The number of Topliss-reactive ketones (excluding diaryl/α,β-unsaturated/α-hetero) is 1. The van der Waals surface area contributed by atoms with Crippen LogP contribution in [-0.4, -0.2) is 18.1 Å². The van der Waals surface area contributed by atoms with E-state index in [0.717, 1.165) is 11.3 Å². The smallest absolute Gasteiger partial charge is 0.235 e. The molecule has 0 spiro atoms. The van der Waals surface area contributed by atoms with Crippen molar-refractivity contribution in [3.8, 4) is 5.75 Å². The fraction of sp³-hybridized carbons (Fsp3) is 0.357. The molecule has 1 heterocycles. The lowest BCUT2D eigenvalue weighted by molar-refractivity contribution is 0.0892. The van der Waals surface area contributed by atoms with Crippen molar-refractivity contribution >= 4 is 11.5 Å². The number of hydrogen-bond donors (Lipinski definition) is 0. The second-order valence-corrected chi connectivity index (χ2v) is 8.82. The molecule has 3 aromatic rings. The van der Waals surface area contributed by atoms with Crippen molar-refractivity contribution in [3.05, 3.63) is 88.4 Å². The minimum absolute atomic E-state index is 0.0735. The highest BCUT2D eigenvalue weighted by Gasteiger charge is 2.14. The number of furan rings is 1. The third kappa shape index (κ3) is 6.35. The molecule has 3 rings (SSSR count). The molecule has 0 atom stereocenters. The number of ether oxygens (including phenoxy) is 1. The van der Waals surface area contributed by atoms with Crippen LogP contribution in [-0.2, 0) is 11.4 Å². The fourth-order valence-corrected chi connectivity index (χ4v) is 3.71. The number of carbonyl (C=O) groups excluding carboxylic acids is 1. The Bertz CT molecular complexity index is 1080. The van der Waals surface area contributed by atoms with Gasteiger partial charge in [0.15, 0.2) is 12.4 Å². The summed E-state index contributed by atoms with van der Waals surface area (Å²) in [4.78, 5) is 17.9. The summed E-state index contributed by atoms with van der Waals surface area (Å²) in [6, 6.07) is 17.3. The standard InChI is InChI=1S/C28H33NO4/c1-18(2)24-8-7-9-25(19(3)4)26(24)16-32-29-21(6)22-11-13-23(14-12-22)31-17-27(30)28-15-10-20(5)33-28/h7-15,18-19H,16-17H2,1-6H3. The maximum Gasteiger partial charge on any atom is 0.235 e. The average Bonchev–Trinajstić information content (AvgIpc) is 3.23. The van der Waals surface area contributed by atoms with Gasteiger partial charge in [-0.05, 0) is 84.3 Å². The van der Waals surface area contributed by atoms with Gasteiger partial charge >= 0.3 is 0 Å². The van der Waals surface area contributed by atoms with Crippen molar-refractivity contribution in [2.45, 2.75) is 60.0 Å². The van der Waals surface area contributed by atoms with E-state index in [4.69, 9.17) is 14.0 Å². The topological polar surface area (TPSA) is 61.0 Å². The van der Waals surface area contributed by atoms with Gasteiger partial charge in [-0.1, -0.05) is 51.0 Å². The van der Waals surface area contributed by atoms with Crippen molar-refractivity contribution in [3.63, 3.8) is 0 Å². The summed E-state index contributed by atoms with van der Waals surface area (Å²) in [6.07, 6.45) is 0. The lowest BCUT2D eigenvalue weighted by atomic mass is 9.89. The van der Waals surface area contributed by atoms with Gasteiger partial charge in [-0.2, -0.15) is 0 Å². The molecule has 0 saturated heterocycles. The average molecular weight is 448 g/mol. The molecular formula is C28H33NO4. The van der Waals surface area contributed by atoms with Crippen molar-refractivity contribution in [2.24, 2.45) is 5.16 Å². The molecule has 0 N–H and O–H groups in total.